The number of ether oxygens (including phenoxy) is 2. The Bertz CT molecular complexity index is 2750. The number of hydrogen-bond donors (Lipinski definition) is 0. The van der Waals surface area contributed by atoms with E-state index >= 15 is 0 Å². The third-order valence-corrected chi connectivity index (χ3v) is 13.3. The molecule has 2 saturated carbocycles. The van der Waals surface area contributed by atoms with E-state index in [1.54, 1.807) is 35.2 Å². The van der Waals surface area contributed by atoms with Crippen LogP contribution in [0, 0.1) is 0 Å². The lowest BCUT2D eigenvalue weighted by atomic mass is 9.91. The molecule has 10 heteroatoms. The van der Waals surface area contributed by atoms with Gasteiger partial charge in [-0.1, -0.05) is 96.0 Å². The van der Waals surface area contributed by atoms with Crippen LogP contribution >= 0.6 is 23.2 Å². The zero-order valence-electron chi connectivity index (χ0n) is 32.6. The third kappa shape index (κ3) is 6.20. The number of methoxy groups -OCH3 is 1. The Morgan fingerprint density at radius 1 is 0.583 bits per heavy atom. The van der Waals surface area contributed by atoms with Crippen molar-refractivity contribution in [3.05, 3.63) is 200 Å². The predicted molar refractivity (Wildman–Crippen MR) is 230 cm³/mol. The van der Waals surface area contributed by atoms with Crippen LogP contribution in [0.5, 0.6) is 0 Å². The number of para-hydroxylation sites is 1. The van der Waals surface area contributed by atoms with E-state index in [9.17, 15) is 19.2 Å². The smallest absolute Gasteiger partial charge is 0.338 e. The second-order valence-electron chi connectivity index (χ2n) is 16.2. The Morgan fingerprint density at radius 2 is 1.10 bits per heavy atom. The standard InChI is InChI=1S/C50H38Cl2N2O6/c1-59-45(55)35-8-4-6-30(22-35)28-54-44-21-12-32(24-40(44)50(48(54)58)26-42(50)34-15-19-38(52)20-16-34)29-60-46(56)36-9-5-7-31(23-36)27-53-43-11-3-2-10-39(43)49(47(53)57)25-41(49)33-13-17-37(51)18-14-33/h2-24,41-42H,25-29H2,1H3. The highest BCUT2D eigenvalue weighted by molar-refractivity contribution is 6.30. The lowest BCUT2D eigenvalue weighted by Gasteiger charge is -2.19. The Balaban J connectivity index is 0.875. The van der Waals surface area contributed by atoms with E-state index in [1.165, 1.54) is 7.11 Å². The summed E-state index contributed by atoms with van der Waals surface area (Å²) in [6, 6.07) is 43.5. The molecule has 60 heavy (non-hydrogen) atoms. The fraction of sp³-hybridized carbons (Fsp3) is 0.200. The molecule has 2 aliphatic heterocycles. The van der Waals surface area contributed by atoms with Gasteiger partial charge < -0.3 is 19.3 Å². The summed E-state index contributed by atoms with van der Waals surface area (Å²) in [6.07, 6.45) is 1.36. The van der Waals surface area contributed by atoms with Crippen LogP contribution < -0.4 is 9.80 Å². The van der Waals surface area contributed by atoms with Crippen molar-refractivity contribution in [2.45, 2.75) is 55.2 Å². The minimum Gasteiger partial charge on any atom is -0.465 e. The summed E-state index contributed by atoms with van der Waals surface area (Å²) in [5, 5.41) is 1.29. The summed E-state index contributed by atoms with van der Waals surface area (Å²) in [7, 11) is 1.34. The molecule has 4 unspecified atom stereocenters. The van der Waals surface area contributed by atoms with Crippen molar-refractivity contribution in [1.29, 1.82) is 0 Å². The van der Waals surface area contributed by atoms with Crippen LogP contribution in [0.3, 0.4) is 0 Å². The average Bonchev–Trinajstić information content (AvgIpc) is 4.18. The van der Waals surface area contributed by atoms with Gasteiger partial charge in [-0.25, -0.2) is 9.59 Å². The first-order valence-corrected chi connectivity index (χ1v) is 20.7. The first-order chi connectivity index (χ1) is 29.1. The number of anilines is 2. The van der Waals surface area contributed by atoms with E-state index in [2.05, 4.69) is 6.07 Å². The van der Waals surface area contributed by atoms with Gasteiger partial charge in [-0.3, -0.25) is 9.59 Å². The summed E-state index contributed by atoms with van der Waals surface area (Å²) in [5.74, 6) is -0.875. The molecule has 10 rings (SSSR count). The number of fused-ring (bicyclic) bond motifs is 4. The SMILES string of the molecule is COC(=O)c1cccc(CN2C(=O)C3(CC3c3ccc(Cl)cc3)c3cc(COC(=O)c4cccc(CN5C(=O)C6(CC6c6ccc(Cl)cc6)c6ccccc65)c4)ccc32)c1. The van der Waals surface area contributed by atoms with Gasteiger partial charge in [0.05, 0.1) is 42.2 Å². The molecule has 2 heterocycles. The Labute approximate surface area is 357 Å². The van der Waals surface area contributed by atoms with Crippen LogP contribution in [-0.4, -0.2) is 30.9 Å². The second kappa shape index (κ2) is 14.5. The van der Waals surface area contributed by atoms with Crippen molar-refractivity contribution < 1.29 is 28.7 Å². The highest BCUT2D eigenvalue weighted by Crippen LogP contribution is 2.67. The second-order valence-corrected chi connectivity index (χ2v) is 17.1. The molecule has 0 saturated heterocycles. The molecule has 2 fully saturated rings. The summed E-state index contributed by atoms with van der Waals surface area (Å²) >= 11 is 12.4. The molecule has 2 spiro atoms. The molecule has 2 aliphatic carbocycles. The van der Waals surface area contributed by atoms with Crippen LogP contribution in [0.15, 0.2) is 140 Å². The van der Waals surface area contributed by atoms with Crippen molar-refractivity contribution in [3.8, 4) is 0 Å². The molecule has 4 atom stereocenters. The molecule has 0 aromatic heterocycles. The molecule has 4 aliphatic rings. The number of carbonyl (C=O) groups excluding carboxylic acids is 4. The van der Waals surface area contributed by atoms with Gasteiger partial charge in [0.25, 0.3) is 0 Å². The largest absolute Gasteiger partial charge is 0.465 e. The molecular formula is C50H38Cl2N2O6. The molecule has 0 bridgehead atoms. The maximum atomic E-state index is 14.5. The summed E-state index contributed by atoms with van der Waals surface area (Å²) in [6.45, 7) is 0.584. The van der Waals surface area contributed by atoms with Gasteiger partial charge in [0.15, 0.2) is 0 Å². The van der Waals surface area contributed by atoms with Gasteiger partial charge in [0.2, 0.25) is 11.8 Å². The van der Waals surface area contributed by atoms with Crippen molar-refractivity contribution in [2.24, 2.45) is 0 Å². The first kappa shape index (κ1) is 38.0. The molecule has 2 amide bonds. The predicted octanol–water partition coefficient (Wildman–Crippen LogP) is 10.1. The van der Waals surface area contributed by atoms with E-state index in [-0.39, 0.29) is 36.8 Å². The monoisotopic (exact) mass is 832 g/mol. The highest BCUT2D eigenvalue weighted by Gasteiger charge is 2.68. The number of benzene rings is 6. The van der Waals surface area contributed by atoms with Gasteiger partial charge in [-0.2, -0.15) is 0 Å². The zero-order valence-corrected chi connectivity index (χ0v) is 34.1. The molecule has 0 N–H and O–H groups in total. The fourth-order valence-corrected chi connectivity index (χ4v) is 9.95. The number of rotatable bonds is 10. The lowest BCUT2D eigenvalue weighted by molar-refractivity contribution is -0.121. The van der Waals surface area contributed by atoms with Gasteiger partial charge >= 0.3 is 11.9 Å². The van der Waals surface area contributed by atoms with E-state index in [0.717, 1.165) is 56.7 Å². The zero-order chi connectivity index (χ0) is 41.3. The molecule has 6 aromatic rings. The summed E-state index contributed by atoms with van der Waals surface area (Å²) in [4.78, 5) is 58.3. The Kier molecular flexibility index (Phi) is 9.19. The van der Waals surface area contributed by atoms with Gasteiger partial charge in [-0.05, 0) is 119 Å². The minimum atomic E-state index is -0.781. The van der Waals surface area contributed by atoms with Crippen molar-refractivity contribution in [3.63, 3.8) is 0 Å². The molecule has 298 valence electrons. The number of amides is 2. The number of nitrogens with zero attached hydrogens (tertiary/aromatic N) is 2. The normalized spacial score (nSPS) is 21.9. The van der Waals surface area contributed by atoms with Gasteiger partial charge in [0, 0.05) is 33.3 Å². The average molecular weight is 834 g/mol. The lowest BCUT2D eigenvalue weighted by Crippen LogP contribution is -2.32. The van der Waals surface area contributed by atoms with Crippen molar-refractivity contribution >= 4 is 58.3 Å². The van der Waals surface area contributed by atoms with Crippen molar-refractivity contribution in [2.75, 3.05) is 16.9 Å². The van der Waals surface area contributed by atoms with Crippen LogP contribution in [0.4, 0.5) is 11.4 Å². The molecule has 0 radical (unpaired) electrons. The van der Waals surface area contributed by atoms with E-state index < -0.39 is 22.8 Å². The number of carbonyl (C=O) groups is 4. The van der Waals surface area contributed by atoms with Gasteiger partial charge in [0.1, 0.15) is 6.61 Å². The van der Waals surface area contributed by atoms with Crippen LogP contribution in [-0.2, 0) is 49.6 Å². The quantitative estimate of drug-likeness (QED) is 0.128. The summed E-state index contributed by atoms with van der Waals surface area (Å²) in [5.41, 5.74) is 7.48. The Hall–Kier alpha value is -6.22. The minimum absolute atomic E-state index is 0.00000956. The third-order valence-electron chi connectivity index (χ3n) is 12.8. The molecule has 6 aromatic carbocycles. The number of hydrogen-bond acceptors (Lipinski definition) is 6. The van der Waals surface area contributed by atoms with Gasteiger partial charge in [-0.15, -0.1) is 0 Å². The van der Waals surface area contributed by atoms with E-state index in [1.807, 2.05) is 108 Å². The van der Waals surface area contributed by atoms with E-state index in [0.29, 0.717) is 34.1 Å². The Morgan fingerprint density at radius 3 is 1.67 bits per heavy atom. The maximum Gasteiger partial charge on any atom is 0.338 e. The molecule has 8 nitrogen and oxygen atoms in total. The van der Waals surface area contributed by atoms with Crippen LogP contribution in [0.1, 0.15) is 84.3 Å². The fourth-order valence-electron chi connectivity index (χ4n) is 9.69. The van der Waals surface area contributed by atoms with Crippen molar-refractivity contribution in [1.82, 2.24) is 0 Å². The van der Waals surface area contributed by atoms with Crippen LogP contribution in [0.25, 0.3) is 0 Å². The van der Waals surface area contributed by atoms with Crippen LogP contribution in [0.2, 0.25) is 10.0 Å². The summed E-state index contributed by atoms with van der Waals surface area (Å²) < 4.78 is 10.8. The number of esters is 2. The first-order valence-electron chi connectivity index (χ1n) is 19.9. The topological polar surface area (TPSA) is 93.2 Å². The number of halogens is 2. The molecular weight excluding hydrogens is 795 g/mol. The van der Waals surface area contributed by atoms with E-state index in [4.69, 9.17) is 32.7 Å². The highest BCUT2D eigenvalue weighted by atomic mass is 35.5. The maximum absolute atomic E-state index is 14.5.